The molecule has 1 aromatic rings. The van der Waals surface area contributed by atoms with Crippen molar-refractivity contribution in [3.63, 3.8) is 0 Å². The van der Waals surface area contributed by atoms with Crippen LogP contribution < -0.4 is 10.1 Å². The van der Waals surface area contributed by atoms with Crippen molar-refractivity contribution in [1.82, 2.24) is 5.32 Å². The van der Waals surface area contributed by atoms with Gasteiger partial charge in [0.05, 0.1) is 25.9 Å². The minimum absolute atomic E-state index is 0.241. The van der Waals surface area contributed by atoms with E-state index in [4.69, 9.17) is 9.47 Å². The Morgan fingerprint density at radius 3 is 2.43 bits per heavy atom. The standard InChI is InChI=1S/C18H29NO2/c1-13-5-8-17(11-14(13)2)21-12-18(19-3)15-6-9-16(20-4)10-7-15/h6-7,9-10,13-14,17-19H,5,8,11-12H2,1-4H3. The van der Waals surface area contributed by atoms with E-state index in [-0.39, 0.29) is 6.04 Å². The molecular weight excluding hydrogens is 262 g/mol. The van der Waals surface area contributed by atoms with E-state index in [1.807, 2.05) is 19.2 Å². The maximum atomic E-state index is 6.17. The highest BCUT2D eigenvalue weighted by molar-refractivity contribution is 5.29. The Kier molecular flexibility index (Phi) is 6.07. The lowest BCUT2D eigenvalue weighted by atomic mass is 9.80. The van der Waals surface area contributed by atoms with Crippen molar-refractivity contribution in [3.8, 4) is 5.75 Å². The third kappa shape index (κ3) is 4.45. The van der Waals surface area contributed by atoms with E-state index in [1.54, 1.807) is 7.11 Å². The van der Waals surface area contributed by atoms with Gasteiger partial charge >= 0.3 is 0 Å². The molecule has 1 aliphatic rings. The highest BCUT2D eigenvalue weighted by Crippen LogP contribution is 2.31. The Balaban J connectivity index is 1.87. The summed E-state index contributed by atoms with van der Waals surface area (Å²) in [5.74, 6) is 2.51. The molecule has 0 saturated heterocycles. The molecule has 1 aliphatic carbocycles. The van der Waals surface area contributed by atoms with Crippen molar-refractivity contribution in [2.24, 2.45) is 11.8 Å². The van der Waals surface area contributed by atoms with E-state index in [2.05, 4.69) is 31.3 Å². The van der Waals surface area contributed by atoms with E-state index in [1.165, 1.54) is 24.8 Å². The second-order valence-electron chi connectivity index (χ2n) is 6.34. The monoisotopic (exact) mass is 291 g/mol. The van der Waals surface area contributed by atoms with Gasteiger partial charge in [0.2, 0.25) is 0 Å². The molecule has 4 unspecified atom stereocenters. The van der Waals surface area contributed by atoms with E-state index < -0.39 is 0 Å². The minimum Gasteiger partial charge on any atom is -0.497 e. The number of benzene rings is 1. The van der Waals surface area contributed by atoms with Gasteiger partial charge in [-0.05, 0) is 55.8 Å². The van der Waals surface area contributed by atoms with Gasteiger partial charge in [-0.3, -0.25) is 0 Å². The summed E-state index contributed by atoms with van der Waals surface area (Å²) in [4.78, 5) is 0. The molecule has 0 aromatic heterocycles. The largest absolute Gasteiger partial charge is 0.497 e. The summed E-state index contributed by atoms with van der Waals surface area (Å²) in [6, 6.07) is 8.46. The number of ether oxygens (including phenoxy) is 2. The molecule has 118 valence electrons. The first-order chi connectivity index (χ1) is 10.1. The van der Waals surface area contributed by atoms with Crippen LogP contribution in [0.2, 0.25) is 0 Å². The fourth-order valence-corrected chi connectivity index (χ4v) is 3.06. The first-order valence-electron chi connectivity index (χ1n) is 8.06. The topological polar surface area (TPSA) is 30.5 Å². The molecule has 4 atom stereocenters. The van der Waals surface area contributed by atoms with E-state index in [9.17, 15) is 0 Å². The number of hydrogen-bond donors (Lipinski definition) is 1. The molecule has 21 heavy (non-hydrogen) atoms. The van der Waals surface area contributed by atoms with Crippen LogP contribution in [-0.4, -0.2) is 26.9 Å². The Hall–Kier alpha value is -1.06. The van der Waals surface area contributed by atoms with Crippen LogP contribution >= 0.6 is 0 Å². The van der Waals surface area contributed by atoms with E-state index in [0.717, 1.165) is 24.2 Å². The van der Waals surface area contributed by atoms with Crippen molar-refractivity contribution >= 4 is 0 Å². The molecule has 1 aromatic carbocycles. The van der Waals surface area contributed by atoms with Crippen LogP contribution in [-0.2, 0) is 4.74 Å². The molecule has 2 rings (SSSR count). The first-order valence-corrected chi connectivity index (χ1v) is 8.06. The Morgan fingerprint density at radius 2 is 1.86 bits per heavy atom. The molecule has 3 nitrogen and oxygen atoms in total. The fourth-order valence-electron chi connectivity index (χ4n) is 3.06. The number of nitrogens with one attached hydrogen (secondary N) is 1. The summed E-state index contributed by atoms with van der Waals surface area (Å²) in [6.45, 7) is 5.43. The molecule has 1 fully saturated rings. The third-order valence-electron chi connectivity index (χ3n) is 4.92. The Labute approximate surface area is 129 Å². The van der Waals surface area contributed by atoms with Crippen molar-refractivity contribution < 1.29 is 9.47 Å². The van der Waals surface area contributed by atoms with Gasteiger partial charge in [-0.25, -0.2) is 0 Å². The lowest BCUT2D eigenvalue weighted by Crippen LogP contribution is -2.30. The second-order valence-corrected chi connectivity index (χ2v) is 6.34. The van der Waals surface area contributed by atoms with Crippen LogP contribution in [0.15, 0.2) is 24.3 Å². The number of likely N-dealkylation sites (N-methyl/N-ethyl adjacent to an activating group) is 1. The predicted molar refractivity (Wildman–Crippen MR) is 86.7 cm³/mol. The van der Waals surface area contributed by atoms with Crippen LogP contribution in [0.1, 0.15) is 44.7 Å². The zero-order valence-electron chi connectivity index (χ0n) is 13.8. The van der Waals surface area contributed by atoms with Crippen molar-refractivity contribution in [2.75, 3.05) is 20.8 Å². The molecule has 3 heteroatoms. The summed E-state index contributed by atoms with van der Waals surface area (Å²) in [7, 11) is 3.68. The molecule has 0 amide bonds. The highest BCUT2D eigenvalue weighted by atomic mass is 16.5. The average molecular weight is 291 g/mol. The number of methoxy groups -OCH3 is 1. The molecule has 0 spiro atoms. The molecule has 1 N–H and O–H groups in total. The average Bonchev–Trinajstić information content (AvgIpc) is 2.52. The normalized spacial score (nSPS) is 27.3. The van der Waals surface area contributed by atoms with Crippen LogP contribution in [0, 0.1) is 11.8 Å². The predicted octanol–water partition coefficient (Wildman–Crippen LogP) is 3.80. The fraction of sp³-hybridized carbons (Fsp3) is 0.667. The number of hydrogen-bond acceptors (Lipinski definition) is 3. The number of rotatable bonds is 6. The molecule has 1 saturated carbocycles. The zero-order chi connectivity index (χ0) is 15.2. The summed E-state index contributed by atoms with van der Waals surface area (Å²) < 4.78 is 11.4. The van der Waals surface area contributed by atoms with Gasteiger partial charge in [-0.1, -0.05) is 26.0 Å². The SMILES string of the molecule is CNC(COC1CCC(C)C(C)C1)c1ccc(OC)cc1. The van der Waals surface area contributed by atoms with Crippen molar-refractivity contribution in [3.05, 3.63) is 29.8 Å². The lowest BCUT2D eigenvalue weighted by Gasteiger charge is -2.33. The molecule has 0 heterocycles. The van der Waals surface area contributed by atoms with Gasteiger partial charge in [0.15, 0.2) is 0 Å². The van der Waals surface area contributed by atoms with Crippen LogP contribution in [0.5, 0.6) is 5.75 Å². The molecule has 0 radical (unpaired) electrons. The summed E-state index contributed by atoms with van der Waals surface area (Å²) >= 11 is 0. The summed E-state index contributed by atoms with van der Waals surface area (Å²) in [6.07, 6.45) is 4.11. The lowest BCUT2D eigenvalue weighted by molar-refractivity contribution is -0.00683. The van der Waals surface area contributed by atoms with E-state index >= 15 is 0 Å². The Morgan fingerprint density at radius 1 is 1.14 bits per heavy atom. The van der Waals surface area contributed by atoms with Gasteiger partial charge in [0.1, 0.15) is 5.75 Å². The highest BCUT2D eigenvalue weighted by Gasteiger charge is 2.25. The van der Waals surface area contributed by atoms with Crippen molar-refractivity contribution in [1.29, 1.82) is 0 Å². The van der Waals surface area contributed by atoms with Crippen LogP contribution in [0.3, 0.4) is 0 Å². The molecule has 0 aliphatic heterocycles. The van der Waals surface area contributed by atoms with Gasteiger partial charge in [0, 0.05) is 0 Å². The Bertz CT molecular complexity index is 418. The second kappa shape index (κ2) is 7.81. The zero-order valence-corrected chi connectivity index (χ0v) is 13.8. The molecule has 0 bridgehead atoms. The smallest absolute Gasteiger partial charge is 0.118 e. The molecular formula is C18H29NO2. The maximum Gasteiger partial charge on any atom is 0.118 e. The van der Waals surface area contributed by atoms with Gasteiger partial charge in [-0.2, -0.15) is 0 Å². The van der Waals surface area contributed by atoms with E-state index in [0.29, 0.717) is 6.10 Å². The van der Waals surface area contributed by atoms with Gasteiger partial charge < -0.3 is 14.8 Å². The summed E-state index contributed by atoms with van der Waals surface area (Å²) in [5.41, 5.74) is 1.25. The quantitative estimate of drug-likeness (QED) is 0.865. The summed E-state index contributed by atoms with van der Waals surface area (Å²) in [5, 5.41) is 3.35. The third-order valence-corrected chi connectivity index (χ3v) is 4.92. The van der Waals surface area contributed by atoms with Gasteiger partial charge in [0.25, 0.3) is 0 Å². The van der Waals surface area contributed by atoms with Gasteiger partial charge in [-0.15, -0.1) is 0 Å². The minimum atomic E-state index is 0.241. The first kappa shape index (κ1) is 16.3. The van der Waals surface area contributed by atoms with Crippen LogP contribution in [0.4, 0.5) is 0 Å². The maximum absolute atomic E-state index is 6.17. The van der Waals surface area contributed by atoms with Crippen LogP contribution in [0.25, 0.3) is 0 Å². The van der Waals surface area contributed by atoms with Crippen molar-refractivity contribution in [2.45, 2.75) is 45.3 Å².